The van der Waals surface area contributed by atoms with Gasteiger partial charge in [-0.1, -0.05) is 0 Å². The second kappa shape index (κ2) is 3.08. The number of carboxylic acid groups (broad SMARTS) is 1. The number of carboxylic acids is 1. The summed E-state index contributed by atoms with van der Waals surface area (Å²) in [4.78, 5) is 14.6. The molecule has 0 aliphatic rings. The average molecular weight is 258 g/mol. The Hall–Kier alpha value is -0.940. The third-order valence-electron chi connectivity index (χ3n) is 1.56. The van der Waals surface area contributed by atoms with Crippen molar-refractivity contribution in [1.29, 1.82) is 0 Å². The van der Waals surface area contributed by atoms with E-state index in [9.17, 15) is 4.79 Å². The smallest absolute Gasteiger partial charge is 0.354 e. The second-order valence-electron chi connectivity index (χ2n) is 2.44. The number of thiophene rings is 1. The number of aromatic carboxylic acids is 1. The van der Waals surface area contributed by atoms with E-state index in [0.29, 0.717) is 0 Å². The molecular weight excluding hydrogens is 254 g/mol. The summed E-state index contributed by atoms with van der Waals surface area (Å²) in [7, 11) is 0. The molecule has 0 fully saturated rings. The van der Waals surface area contributed by atoms with Gasteiger partial charge in [-0.2, -0.15) is 0 Å². The van der Waals surface area contributed by atoms with E-state index in [1.807, 2.05) is 6.07 Å². The van der Waals surface area contributed by atoms with Crippen LogP contribution < -0.4 is 0 Å². The molecule has 0 aromatic carbocycles. The lowest BCUT2D eigenvalue weighted by Crippen LogP contribution is -1.98. The first kappa shape index (κ1) is 8.65. The fraction of sp³-hybridized carbons (Fsp3) is 0. The van der Waals surface area contributed by atoms with Crippen LogP contribution in [0.15, 0.2) is 22.0 Å². The highest BCUT2D eigenvalue weighted by molar-refractivity contribution is 9.11. The van der Waals surface area contributed by atoms with Crippen LogP contribution in [-0.4, -0.2) is 16.1 Å². The molecule has 3 nitrogen and oxygen atoms in total. The quantitative estimate of drug-likeness (QED) is 0.855. The van der Waals surface area contributed by atoms with Gasteiger partial charge < -0.3 is 5.11 Å². The van der Waals surface area contributed by atoms with E-state index in [2.05, 4.69) is 20.9 Å². The molecule has 0 bridgehead atoms. The minimum absolute atomic E-state index is 0.0813. The number of carbonyl (C=O) groups is 1. The summed E-state index contributed by atoms with van der Waals surface area (Å²) in [6, 6.07) is 5.08. The molecule has 0 aliphatic carbocycles. The number of pyridine rings is 1. The molecule has 2 heterocycles. The zero-order valence-electron chi connectivity index (χ0n) is 6.32. The van der Waals surface area contributed by atoms with Crippen molar-refractivity contribution < 1.29 is 9.90 Å². The Kier molecular flexibility index (Phi) is 2.05. The first-order valence-corrected chi connectivity index (χ1v) is 5.07. The Balaban J connectivity index is 2.67. The average Bonchev–Trinajstić information content (AvgIpc) is 2.42. The number of fused-ring (bicyclic) bond motifs is 1. The zero-order chi connectivity index (χ0) is 9.42. The molecule has 0 radical (unpaired) electrons. The van der Waals surface area contributed by atoms with E-state index in [1.165, 1.54) is 17.4 Å². The van der Waals surface area contributed by atoms with Gasteiger partial charge in [-0.3, -0.25) is 0 Å². The molecule has 1 N–H and O–H groups in total. The maximum Gasteiger partial charge on any atom is 0.354 e. The lowest BCUT2D eigenvalue weighted by atomic mass is 10.3. The summed E-state index contributed by atoms with van der Waals surface area (Å²) in [5.74, 6) is -0.996. The molecule has 66 valence electrons. The summed E-state index contributed by atoms with van der Waals surface area (Å²) in [5.41, 5.74) is 0.801. The molecule has 0 saturated heterocycles. The van der Waals surface area contributed by atoms with Crippen LogP contribution in [0, 0.1) is 0 Å². The van der Waals surface area contributed by atoms with Crippen LogP contribution in [0.2, 0.25) is 0 Å². The van der Waals surface area contributed by atoms with Crippen molar-refractivity contribution in [2.75, 3.05) is 0 Å². The molecule has 2 aromatic heterocycles. The van der Waals surface area contributed by atoms with Gasteiger partial charge in [0.05, 0.1) is 14.0 Å². The molecule has 0 saturated carbocycles. The maximum absolute atomic E-state index is 10.6. The number of hydrogen-bond acceptors (Lipinski definition) is 3. The zero-order valence-corrected chi connectivity index (χ0v) is 8.72. The van der Waals surface area contributed by atoms with Crippen LogP contribution >= 0.6 is 27.3 Å². The largest absolute Gasteiger partial charge is 0.477 e. The third-order valence-corrected chi connectivity index (χ3v) is 3.16. The van der Waals surface area contributed by atoms with Crippen molar-refractivity contribution >= 4 is 43.5 Å². The van der Waals surface area contributed by atoms with Gasteiger partial charge in [0.15, 0.2) is 0 Å². The minimum atomic E-state index is -0.996. The monoisotopic (exact) mass is 257 g/mol. The predicted octanol–water partition coefficient (Wildman–Crippen LogP) is 2.76. The Morgan fingerprint density at radius 3 is 3.00 bits per heavy atom. The highest BCUT2D eigenvalue weighted by Crippen LogP contribution is 2.28. The number of nitrogens with zero attached hydrogens (tertiary/aromatic N) is 1. The predicted molar refractivity (Wildman–Crippen MR) is 54.3 cm³/mol. The lowest BCUT2D eigenvalue weighted by molar-refractivity contribution is 0.0691. The van der Waals surface area contributed by atoms with Crippen molar-refractivity contribution in [3.8, 4) is 0 Å². The summed E-state index contributed by atoms with van der Waals surface area (Å²) < 4.78 is 1.94. The Morgan fingerprint density at radius 2 is 2.31 bits per heavy atom. The minimum Gasteiger partial charge on any atom is -0.477 e. The van der Waals surface area contributed by atoms with Gasteiger partial charge in [0, 0.05) is 0 Å². The Bertz CT molecular complexity index is 480. The summed E-state index contributed by atoms with van der Waals surface area (Å²) in [6.07, 6.45) is 0. The van der Waals surface area contributed by atoms with Crippen molar-refractivity contribution in [2.45, 2.75) is 0 Å². The number of halogens is 1. The SMILES string of the molecule is O=C(O)c1ccc2sc(Br)cc2n1. The normalized spacial score (nSPS) is 10.5. The Morgan fingerprint density at radius 1 is 1.54 bits per heavy atom. The van der Waals surface area contributed by atoms with Gasteiger partial charge >= 0.3 is 5.97 Å². The fourth-order valence-corrected chi connectivity index (χ4v) is 2.48. The molecule has 2 aromatic rings. The van der Waals surface area contributed by atoms with Crippen molar-refractivity contribution in [1.82, 2.24) is 4.98 Å². The fourth-order valence-electron chi connectivity index (χ4n) is 1.01. The topological polar surface area (TPSA) is 50.2 Å². The highest BCUT2D eigenvalue weighted by atomic mass is 79.9. The van der Waals surface area contributed by atoms with E-state index in [0.717, 1.165) is 14.0 Å². The number of hydrogen-bond donors (Lipinski definition) is 1. The molecule has 0 unspecified atom stereocenters. The van der Waals surface area contributed by atoms with E-state index >= 15 is 0 Å². The van der Waals surface area contributed by atoms with Crippen LogP contribution in [-0.2, 0) is 0 Å². The maximum atomic E-state index is 10.6. The van der Waals surface area contributed by atoms with Gasteiger partial charge in [0.25, 0.3) is 0 Å². The van der Waals surface area contributed by atoms with Crippen molar-refractivity contribution in [2.24, 2.45) is 0 Å². The molecule has 2 rings (SSSR count). The molecule has 5 heteroatoms. The Labute approximate surface area is 86.2 Å². The lowest BCUT2D eigenvalue weighted by Gasteiger charge is -1.91. The van der Waals surface area contributed by atoms with Crippen LogP contribution in [0.5, 0.6) is 0 Å². The summed E-state index contributed by atoms with van der Waals surface area (Å²) in [6.45, 7) is 0. The summed E-state index contributed by atoms with van der Waals surface area (Å²) >= 11 is 4.85. The number of aromatic nitrogens is 1. The standard InChI is InChI=1S/C8H4BrNO2S/c9-7-3-5-6(13-7)2-1-4(10-5)8(11)12/h1-3H,(H,11,12). The number of rotatable bonds is 1. The van der Waals surface area contributed by atoms with Gasteiger partial charge in [-0.25, -0.2) is 9.78 Å². The summed E-state index contributed by atoms with van der Waals surface area (Å²) in [5, 5.41) is 8.68. The third kappa shape index (κ3) is 1.57. The first-order chi connectivity index (χ1) is 6.16. The molecule has 0 aliphatic heterocycles. The molecule has 0 amide bonds. The molecule has 0 spiro atoms. The van der Waals surface area contributed by atoms with Crippen molar-refractivity contribution in [3.05, 3.63) is 27.7 Å². The first-order valence-electron chi connectivity index (χ1n) is 3.46. The molecular formula is C8H4BrNO2S. The van der Waals surface area contributed by atoms with Gasteiger partial charge in [-0.05, 0) is 34.1 Å². The van der Waals surface area contributed by atoms with Crippen LogP contribution in [0.1, 0.15) is 10.5 Å². The van der Waals surface area contributed by atoms with E-state index in [4.69, 9.17) is 5.11 Å². The highest BCUT2D eigenvalue weighted by Gasteiger charge is 2.06. The van der Waals surface area contributed by atoms with E-state index < -0.39 is 5.97 Å². The van der Waals surface area contributed by atoms with Crippen LogP contribution in [0.4, 0.5) is 0 Å². The van der Waals surface area contributed by atoms with Crippen molar-refractivity contribution in [3.63, 3.8) is 0 Å². The van der Waals surface area contributed by atoms with Gasteiger partial charge in [0.2, 0.25) is 0 Å². The molecule has 13 heavy (non-hydrogen) atoms. The van der Waals surface area contributed by atoms with E-state index in [-0.39, 0.29) is 5.69 Å². The van der Waals surface area contributed by atoms with Gasteiger partial charge in [-0.15, -0.1) is 11.3 Å². The van der Waals surface area contributed by atoms with Crippen LogP contribution in [0.25, 0.3) is 10.2 Å². The van der Waals surface area contributed by atoms with E-state index in [1.54, 1.807) is 6.07 Å². The van der Waals surface area contributed by atoms with Gasteiger partial charge in [0.1, 0.15) is 5.69 Å². The van der Waals surface area contributed by atoms with Crippen LogP contribution in [0.3, 0.4) is 0 Å². The molecule has 0 atom stereocenters. The second-order valence-corrected chi connectivity index (χ2v) is 4.90.